The van der Waals surface area contributed by atoms with E-state index >= 15 is 0 Å². The molecular formula is C21H24O4. The summed E-state index contributed by atoms with van der Waals surface area (Å²) < 4.78 is 16.1. The number of allylic oxidation sites excluding steroid dienone is 1. The zero-order valence-electron chi connectivity index (χ0n) is 14.7. The molecule has 0 amide bonds. The standard InChI is InChI=1S/C21H24O4/c1-3-24-21(22)12-8-7-11-18-15-19(23-2)13-14-20(18)25-16-17-9-5-4-6-10-17/h4-6,8-10,12-15H,3,7,11,16H2,1-2H3. The summed E-state index contributed by atoms with van der Waals surface area (Å²) >= 11 is 0. The van der Waals surface area contributed by atoms with E-state index in [1.54, 1.807) is 14.0 Å². The van der Waals surface area contributed by atoms with Crippen molar-refractivity contribution in [2.45, 2.75) is 26.4 Å². The molecule has 0 aromatic heterocycles. The molecule has 0 atom stereocenters. The largest absolute Gasteiger partial charge is 0.497 e. The topological polar surface area (TPSA) is 44.8 Å². The van der Waals surface area contributed by atoms with Gasteiger partial charge in [0.15, 0.2) is 0 Å². The number of ether oxygens (including phenoxy) is 3. The molecule has 2 aromatic carbocycles. The Morgan fingerprint density at radius 3 is 2.64 bits per heavy atom. The third-order valence-corrected chi connectivity index (χ3v) is 3.63. The van der Waals surface area contributed by atoms with Gasteiger partial charge in [-0.15, -0.1) is 0 Å². The number of hydrogen-bond acceptors (Lipinski definition) is 4. The van der Waals surface area contributed by atoms with E-state index < -0.39 is 0 Å². The zero-order valence-corrected chi connectivity index (χ0v) is 14.7. The Morgan fingerprint density at radius 1 is 1.12 bits per heavy atom. The molecule has 0 N–H and O–H groups in total. The monoisotopic (exact) mass is 340 g/mol. The van der Waals surface area contributed by atoms with Crippen LogP contribution < -0.4 is 9.47 Å². The molecule has 2 rings (SSSR count). The molecule has 0 saturated carbocycles. The first-order valence-electron chi connectivity index (χ1n) is 8.40. The third-order valence-electron chi connectivity index (χ3n) is 3.63. The highest BCUT2D eigenvalue weighted by Gasteiger charge is 2.06. The second kappa shape index (κ2) is 10.2. The first-order valence-corrected chi connectivity index (χ1v) is 8.40. The average Bonchev–Trinajstić information content (AvgIpc) is 2.65. The summed E-state index contributed by atoms with van der Waals surface area (Å²) in [5, 5.41) is 0. The van der Waals surface area contributed by atoms with Crippen LogP contribution in [0.5, 0.6) is 11.5 Å². The lowest BCUT2D eigenvalue weighted by molar-refractivity contribution is -0.137. The van der Waals surface area contributed by atoms with E-state index in [0.717, 1.165) is 29.0 Å². The van der Waals surface area contributed by atoms with Gasteiger partial charge in [0.2, 0.25) is 0 Å². The molecule has 2 aromatic rings. The average molecular weight is 340 g/mol. The number of carbonyl (C=O) groups excluding carboxylic acids is 1. The smallest absolute Gasteiger partial charge is 0.330 e. The van der Waals surface area contributed by atoms with Crippen molar-refractivity contribution in [1.29, 1.82) is 0 Å². The highest BCUT2D eigenvalue weighted by Crippen LogP contribution is 2.26. The molecule has 0 saturated heterocycles. The van der Waals surface area contributed by atoms with Crippen LogP contribution in [0, 0.1) is 0 Å². The van der Waals surface area contributed by atoms with Crippen LogP contribution >= 0.6 is 0 Å². The van der Waals surface area contributed by atoms with Crippen LogP contribution in [0.25, 0.3) is 0 Å². The van der Waals surface area contributed by atoms with Crippen LogP contribution in [-0.2, 0) is 22.6 Å². The van der Waals surface area contributed by atoms with Crippen LogP contribution in [0.2, 0.25) is 0 Å². The van der Waals surface area contributed by atoms with Gasteiger partial charge in [-0.2, -0.15) is 0 Å². The lowest BCUT2D eigenvalue weighted by Gasteiger charge is -2.12. The van der Waals surface area contributed by atoms with Crippen molar-refractivity contribution in [2.24, 2.45) is 0 Å². The van der Waals surface area contributed by atoms with E-state index in [0.29, 0.717) is 19.6 Å². The summed E-state index contributed by atoms with van der Waals surface area (Å²) in [6.07, 6.45) is 4.75. The van der Waals surface area contributed by atoms with E-state index in [2.05, 4.69) is 0 Å². The fraction of sp³-hybridized carbons (Fsp3) is 0.286. The summed E-state index contributed by atoms with van der Waals surface area (Å²) in [4.78, 5) is 11.3. The molecule has 0 aliphatic carbocycles. The van der Waals surface area contributed by atoms with Crippen LogP contribution in [-0.4, -0.2) is 19.7 Å². The summed E-state index contributed by atoms with van der Waals surface area (Å²) in [7, 11) is 1.64. The Kier molecular flexibility index (Phi) is 7.57. The Labute approximate surface area is 149 Å². The highest BCUT2D eigenvalue weighted by atomic mass is 16.5. The maximum Gasteiger partial charge on any atom is 0.330 e. The maximum atomic E-state index is 11.3. The minimum atomic E-state index is -0.311. The SMILES string of the molecule is CCOC(=O)C=CCCc1cc(OC)ccc1OCc1ccccc1. The Bertz CT molecular complexity index is 692. The van der Waals surface area contributed by atoms with Crippen molar-refractivity contribution in [3.8, 4) is 11.5 Å². The first kappa shape index (κ1) is 18.6. The second-order valence-corrected chi connectivity index (χ2v) is 5.44. The van der Waals surface area contributed by atoms with Crippen LogP contribution in [0.4, 0.5) is 0 Å². The molecule has 0 heterocycles. The van der Waals surface area contributed by atoms with E-state index in [9.17, 15) is 4.79 Å². The molecule has 4 heteroatoms. The van der Waals surface area contributed by atoms with Gasteiger partial charge in [-0.3, -0.25) is 0 Å². The van der Waals surface area contributed by atoms with Gasteiger partial charge >= 0.3 is 5.97 Å². The normalized spacial score (nSPS) is 10.6. The van der Waals surface area contributed by atoms with Gasteiger partial charge in [0, 0.05) is 6.08 Å². The molecule has 4 nitrogen and oxygen atoms in total. The summed E-state index contributed by atoms with van der Waals surface area (Å²) in [5.74, 6) is 1.30. The molecule has 0 bridgehead atoms. The third kappa shape index (κ3) is 6.34. The highest BCUT2D eigenvalue weighted by molar-refractivity contribution is 5.81. The molecule has 0 unspecified atom stereocenters. The number of aryl methyl sites for hydroxylation is 1. The van der Waals surface area contributed by atoms with Crippen molar-refractivity contribution in [3.63, 3.8) is 0 Å². The van der Waals surface area contributed by atoms with Crippen molar-refractivity contribution in [2.75, 3.05) is 13.7 Å². The van der Waals surface area contributed by atoms with Crippen LogP contribution in [0.3, 0.4) is 0 Å². The lowest BCUT2D eigenvalue weighted by atomic mass is 10.1. The number of esters is 1. The summed E-state index contributed by atoms with van der Waals surface area (Å²) in [6, 6.07) is 15.8. The number of methoxy groups -OCH3 is 1. The van der Waals surface area contributed by atoms with Crippen molar-refractivity contribution in [1.82, 2.24) is 0 Å². The molecule has 0 aliphatic heterocycles. The Morgan fingerprint density at radius 2 is 1.92 bits per heavy atom. The number of rotatable bonds is 9. The quantitative estimate of drug-likeness (QED) is 0.503. The van der Waals surface area contributed by atoms with E-state index in [4.69, 9.17) is 14.2 Å². The van der Waals surface area contributed by atoms with Gasteiger partial charge in [-0.25, -0.2) is 4.79 Å². The van der Waals surface area contributed by atoms with Crippen LogP contribution in [0.15, 0.2) is 60.7 Å². The maximum absolute atomic E-state index is 11.3. The predicted molar refractivity (Wildman–Crippen MR) is 97.9 cm³/mol. The van der Waals surface area contributed by atoms with Gasteiger partial charge < -0.3 is 14.2 Å². The van der Waals surface area contributed by atoms with Gasteiger partial charge in [0.25, 0.3) is 0 Å². The van der Waals surface area contributed by atoms with Crippen LogP contribution in [0.1, 0.15) is 24.5 Å². The van der Waals surface area contributed by atoms with E-state index in [1.165, 1.54) is 6.08 Å². The van der Waals surface area contributed by atoms with E-state index in [1.807, 2.05) is 54.6 Å². The van der Waals surface area contributed by atoms with Crippen molar-refractivity contribution >= 4 is 5.97 Å². The molecular weight excluding hydrogens is 316 g/mol. The van der Waals surface area contributed by atoms with Crippen molar-refractivity contribution < 1.29 is 19.0 Å². The van der Waals surface area contributed by atoms with Gasteiger partial charge in [0.05, 0.1) is 13.7 Å². The first-order chi connectivity index (χ1) is 12.2. The van der Waals surface area contributed by atoms with Gasteiger partial charge in [0.1, 0.15) is 18.1 Å². The minimum absolute atomic E-state index is 0.311. The second-order valence-electron chi connectivity index (χ2n) is 5.44. The Balaban J connectivity index is 2.00. The Hall–Kier alpha value is -2.75. The van der Waals surface area contributed by atoms with Gasteiger partial charge in [-0.1, -0.05) is 36.4 Å². The minimum Gasteiger partial charge on any atom is -0.497 e. The fourth-order valence-electron chi connectivity index (χ4n) is 2.36. The molecule has 25 heavy (non-hydrogen) atoms. The molecule has 0 spiro atoms. The predicted octanol–water partition coefficient (Wildman–Crippen LogP) is 4.33. The number of hydrogen-bond donors (Lipinski definition) is 0. The summed E-state index contributed by atoms with van der Waals surface area (Å²) in [6.45, 7) is 2.69. The fourth-order valence-corrected chi connectivity index (χ4v) is 2.36. The molecule has 0 fully saturated rings. The number of carbonyl (C=O) groups is 1. The number of benzene rings is 2. The molecule has 0 radical (unpaired) electrons. The molecule has 0 aliphatic rings. The lowest BCUT2D eigenvalue weighted by Crippen LogP contribution is -2.00. The zero-order chi connectivity index (χ0) is 17.9. The summed E-state index contributed by atoms with van der Waals surface area (Å²) in [5.41, 5.74) is 2.16. The van der Waals surface area contributed by atoms with Gasteiger partial charge in [-0.05, 0) is 49.1 Å². The molecule has 132 valence electrons. The van der Waals surface area contributed by atoms with E-state index in [-0.39, 0.29) is 5.97 Å². The van der Waals surface area contributed by atoms with Crippen molar-refractivity contribution in [3.05, 3.63) is 71.8 Å².